The van der Waals surface area contributed by atoms with Crippen molar-refractivity contribution < 1.29 is 14.2 Å². The Kier molecular flexibility index (Phi) is 4.34. The van der Waals surface area contributed by atoms with E-state index in [1.165, 1.54) is 0 Å². The normalized spacial score (nSPS) is 25.5. The zero-order valence-electron chi connectivity index (χ0n) is 11.7. The lowest BCUT2D eigenvalue weighted by molar-refractivity contribution is 0.0130. The molecule has 1 N–H and O–H groups in total. The Morgan fingerprint density at radius 2 is 2.10 bits per heavy atom. The summed E-state index contributed by atoms with van der Waals surface area (Å²) in [6.45, 7) is 4.88. The van der Waals surface area contributed by atoms with Crippen LogP contribution in [-0.2, 0) is 11.3 Å². The molecule has 0 aliphatic carbocycles. The fraction of sp³-hybridized carbons (Fsp3) is 0.600. The Labute approximate surface area is 124 Å². The average molecular weight is 298 g/mol. The minimum absolute atomic E-state index is 0.338. The van der Waals surface area contributed by atoms with E-state index in [-0.39, 0.29) is 0 Å². The second kappa shape index (κ2) is 6.20. The molecule has 0 aromatic heterocycles. The summed E-state index contributed by atoms with van der Waals surface area (Å²) in [4.78, 5) is 0. The summed E-state index contributed by atoms with van der Waals surface area (Å²) in [5, 5.41) is 4.19. The highest BCUT2D eigenvalue weighted by Crippen LogP contribution is 2.38. The van der Waals surface area contributed by atoms with Crippen molar-refractivity contribution in [2.75, 3.05) is 19.8 Å². The van der Waals surface area contributed by atoms with Gasteiger partial charge in [0.1, 0.15) is 13.2 Å². The van der Waals surface area contributed by atoms with Gasteiger partial charge in [0.15, 0.2) is 11.5 Å². The van der Waals surface area contributed by atoms with Gasteiger partial charge >= 0.3 is 0 Å². The number of benzene rings is 1. The SMILES string of the molecule is CC1CC(NCc2cc(Cl)c3c(c2)OCCO3)CCO1. The molecule has 0 amide bonds. The van der Waals surface area contributed by atoms with Gasteiger partial charge in [0.25, 0.3) is 0 Å². The third kappa shape index (κ3) is 3.19. The molecule has 1 fully saturated rings. The van der Waals surface area contributed by atoms with Crippen LogP contribution in [0.25, 0.3) is 0 Å². The first kappa shape index (κ1) is 14.0. The van der Waals surface area contributed by atoms with E-state index in [4.69, 9.17) is 25.8 Å². The Bertz CT molecular complexity index is 480. The molecule has 2 heterocycles. The van der Waals surface area contributed by atoms with E-state index in [1.807, 2.05) is 12.1 Å². The molecule has 0 bridgehead atoms. The maximum atomic E-state index is 6.24. The molecule has 1 aromatic carbocycles. The molecular formula is C15H20ClNO3. The summed E-state index contributed by atoms with van der Waals surface area (Å²) in [5.41, 5.74) is 1.12. The fourth-order valence-electron chi connectivity index (χ4n) is 2.71. The predicted octanol–water partition coefficient (Wildman–Crippen LogP) is 2.77. The topological polar surface area (TPSA) is 39.7 Å². The van der Waals surface area contributed by atoms with Crippen molar-refractivity contribution in [2.24, 2.45) is 0 Å². The maximum Gasteiger partial charge on any atom is 0.179 e. The lowest BCUT2D eigenvalue weighted by atomic mass is 10.0. The highest BCUT2D eigenvalue weighted by atomic mass is 35.5. The van der Waals surface area contributed by atoms with Gasteiger partial charge in [-0.3, -0.25) is 0 Å². The first-order valence-corrected chi connectivity index (χ1v) is 7.53. The Morgan fingerprint density at radius 1 is 1.25 bits per heavy atom. The van der Waals surface area contributed by atoms with Gasteiger partial charge in [0.2, 0.25) is 0 Å². The van der Waals surface area contributed by atoms with Crippen LogP contribution in [-0.4, -0.2) is 32.0 Å². The van der Waals surface area contributed by atoms with Crippen LogP contribution in [0.15, 0.2) is 12.1 Å². The van der Waals surface area contributed by atoms with Crippen LogP contribution in [0.5, 0.6) is 11.5 Å². The Balaban J connectivity index is 1.64. The monoisotopic (exact) mass is 297 g/mol. The van der Waals surface area contributed by atoms with Crippen LogP contribution in [0.4, 0.5) is 0 Å². The summed E-state index contributed by atoms with van der Waals surface area (Å²) in [6, 6.07) is 4.46. The van der Waals surface area contributed by atoms with E-state index in [2.05, 4.69) is 12.2 Å². The third-order valence-corrected chi connectivity index (χ3v) is 4.02. The summed E-state index contributed by atoms with van der Waals surface area (Å²) >= 11 is 6.24. The number of hydrogen-bond donors (Lipinski definition) is 1. The standard InChI is InChI=1S/C15H20ClNO3/c1-10-6-12(2-3-18-10)17-9-11-7-13(16)15-14(8-11)19-4-5-20-15/h7-8,10,12,17H,2-6,9H2,1H3. The highest BCUT2D eigenvalue weighted by molar-refractivity contribution is 6.32. The molecule has 2 aliphatic heterocycles. The van der Waals surface area contributed by atoms with Crippen LogP contribution in [0.2, 0.25) is 5.02 Å². The molecule has 20 heavy (non-hydrogen) atoms. The zero-order chi connectivity index (χ0) is 13.9. The second-order valence-electron chi connectivity index (χ2n) is 5.39. The lowest BCUT2D eigenvalue weighted by Gasteiger charge is -2.28. The van der Waals surface area contributed by atoms with Gasteiger partial charge in [-0.2, -0.15) is 0 Å². The number of fused-ring (bicyclic) bond motifs is 1. The molecule has 5 heteroatoms. The Morgan fingerprint density at radius 3 is 2.95 bits per heavy atom. The van der Waals surface area contributed by atoms with E-state index in [0.29, 0.717) is 36.1 Å². The largest absolute Gasteiger partial charge is 0.486 e. The summed E-state index contributed by atoms with van der Waals surface area (Å²) in [6.07, 6.45) is 2.45. The van der Waals surface area contributed by atoms with E-state index in [0.717, 1.165) is 37.3 Å². The van der Waals surface area contributed by atoms with Crippen molar-refractivity contribution in [3.05, 3.63) is 22.7 Å². The first-order valence-electron chi connectivity index (χ1n) is 7.15. The zero-order valence-corrected chi connectivity index (χ0v) is 12.4. The predicted molar refractivity (Wildman–Crippen MR) is 77.7 cm³/mol. The quantitative estimate of drug-likeness (QED) is 0.931. The first-order chi connectivity index (χ1) is 9.72. The molecule has 0 spiro atoms. The van der Waals surface area contributed by atoms with Crippen LogP contribution >= 0.6 is 11.6 Å². The van der Waals surface area contributed by atoms with Gasteiger partial charge in [-0.1, -0.05) is 11.6 Å². The van der Waals surface area contributed by atoms with Gasteiger partial charge in [-0.15, -0.1) is 0 Å². The third-order valence-electron chi connectivity index (χ3n) is 3.74. The number of hydrogen-bond acceptors (Lipinski definition) is 4. The van der Waals surface area contributed by atoms with Crippen molar-refractivity contribution >= 4 is 11.6 Å². The molecule has 2 unspecified atom stereocenters. The summed E-state index contributed by atoms with van der Waals surface area (Å²) < 4.78 is 16.7. The van der Waals surface area contributed by atoms with Crippen molar-refractivity contribution in [3.63, 3.8) is 0 Å². The van der Waals surface area contributed by atoms with Crippen LogP contribution in [0.1, 0.15) is 25.3 Å². The molecule has 110 valence electrons. The van der Waals surface area contributed by atoms with Gasteiger partial charge in [-0.25, -0.2) is 0 Å². The molecule has 4 nitrogen and oxygen atoms in total. The van der Waals surface area contributed by atoms with Crippen molar-refractivity contribution in [1.29, 1.82) is 0 Å². The van der Waals surface area contributed by atoms with Gasteiger partial charge < -0.3 is 19.5 Å². The number of rotatable bonds is 3. The second-order valence-corrected chi connectivity index (χ2v) is 5.79. The summed E-state index contributed by atoms with van der Waals surface area (Å²) in [7, 11) is 0. The molecular weight excluding hydrogens is 278 g/mol. The Hall–Kier alpha value is -0.970. The molecule has 2 atom stereocenters. The van der Waals surface area contributed by atoms with Crippen LogP contribution < -0.4 is 14.8 Å². The fourth-order valence-corrected chi connectivity index (χ4v) is 3.00. The number of nitrogens with one attached hydrogen (secondary N) is 1. The van der Waals surface area contributed by atoms with Crippen LogP contribution in [0.3, 0.4) is 0 Å². The molecule has 0 saturated carbocycles. The minimum Gasteiger partial charge on any atom is -0.486 e. The lowest BCUT2D eigenvalue weighted by Crippen LogP contribution is -2.37. The number of ether oxygens (including phenoxy) is 3. The van der Waals surface area contributed by atoms with E-state index < -0.39 is 0 Å². The van der Waals surface area contributed by atoms with Gasteiger partial charge in [-0.05, 0) is 37.5 Å². The van der Waals surface area contributed by atoms with Crippen molar-refractivity contribution in [2.45, 2.75) is 38.5 Å². The summed E-state index contributed by atoms with van der Waals surface area (Å²) in [5.74, 6) is 1.42. The number of halogens is 1. The van der Waals surface area contributed by atoms with Gasteiger partial charge in [0.05, 0.1) is 11.1 Å². The van der Waals surface area contributed by atoms with Crippen LogP contribution in [0, 0.1) is 0 Å². The van der Waals surface area contributed by atoms with Crippen molar-refractivity contribution in [3.8, 4) is 11.5 Å². The average Bonchev–Trinajstić information content (AvgIpc) is 2.45. The van der Waals surface area contributed by atoms with E-state index in [1.54, 1.807) is 0 Å². The van der Waals surface area contributed by atoms with E-state index >= 15 is 0 Å². The van der Waals surface area contributed by atoms with Gasteiger partial charge in [0, 0.05) is 19.2 Å². The minimum atomic E-state index is 0.338. The molecule has 2 aliphatic rings. The molecule has 3 rings (SSSR count). The highest BCUT2D eigenvalue weighted by Gasteiger charge is 2.20. The smallest absolute Gasteiger partial charge is 0.179 e. The molecule has 1 aromatic rings. The molecule has 0 radical (unpaired) electrons. The van der Waals surface area contributed by atoms with Crippen molar-refractivity contribution in [1.82, 2.24) is 5.32 Å². The van der Waals surface area contributed by atoms with E-state index in [9.17, 15) is 0 Å². The maximum absolute atomic E-state index is 6.24. The molecule has 1 saturated heterocycles.